The summed E-state index contributed by atoms with van der Waals surface area (Å²) in [6, 6.07) is 5.22. The summed E-state index contributed by atoms with van der Waals surface area (Å²) in [5.74, 6) is -0.107. The van der Waals surface area contributed by atoms with Crippen LogP contribution in [0.4, 0.5) is 0 Å². The highest BCUT2D eigenvalue weighted by Gasteiger charge is 2.09. The van der Waals surface area contributed by atoms with Crippen LogP contribution in [0, 0.1) is 13.8 Å². The number of hydrogen-bond acceptors (Lipinski definition) is 2. The summed E-state index contributed by atoms with van der Waals surface area (Å²) >= 11 is 5.86. The highest BCUT2D eigenvalue weighted by atomic mass is 35.5. The molecule has 2 rings (SSSR count). The van der Waals surface area contributed by atoms with Crippen molar-refractivity contribution in [2.45, 2.75) is 20.4 Å². The summed E-state index contributed by atoms with van der Waals surface area (Å²) < 4.78 is 0. The van der Waals surface area contributed by atoms with Crippen molar-refractivity contribution in [3.63, 3.8) is 0 Å². The fourth-order valence-electron chi connectivity index (χ4n) is 1.71. The Hall–Kier alpha value is -1.81. The molecule has 5 heteroatoms. The van der Waals surface area contributed by atoms with Crippen LogP contribution in [0.1, 0.15) is 27.2 Å². The van der Waals surface area contributed by atoms with Crippen LogP contribution in [0.5, 0.6) is 0 Å². The van der Waals surface area contributed by atoms with E-state index >= 15 is 0 Å². The molecule has 0 aliphatic carbocycles. The van der Waals surface area contributed by atoms with E-state index in [0.717, 1.165) is 16.8 Å². The van der Waals surface area contributed by atoms with Crippen molar-refractivity contribution in [3.05, 3.63) is 51.8 Å². The van der Waals surface area contributed by atoms with Gasteiger partial charge < -0.3 is 5.32 Å². The quantitative estimate of drug-likeness (QED) is 0.894. The molecule has 0 aliphatic heterocycles. The largest absolute Gasteiger partial charge is 0.348 e. The van der Waals surface area contributed by atoms with Gasteiger partial charge in [-0.2, -0.15) is 5.10 Å². The zero-order valence-corrected chi connectivity index (χ0v) is 11.0. The summed E-state index contributed by atoms with van der Waals surface area (Å²) in [5.41, 5.74) is 3.45. The van der Waals surface area contributed by atoms with Gasteiger partial charge in [0.25, 0.3) is 5.91 Å². The Labute approximate surface area is 110 Å². The highest BCUT2D eigenvalue weighted by Crippen LogP contribution is 2.15. The molecule has 1 heterocycles. The molecule has 18 heavy (non-hydrogen) atoms. The van der Waals surface area contributed by atoms with E-state index in [1.165, 1.54) is 0 Å². The van der Waals surface area contributed by atoms with Crippen molar-refractivity contribution in [2.75, 3.05) is 0 Å². The van der Waals surface area contributed by atoms with Crippen molar-refractivity contribution < 1.29 is 4.79 Å². The molecule has 1 aromatic heterocycles. The lowest BCUT2D eigenvalue weighted by Crippen LogP contribution is -2.23. The first-order valence-corrected chi connectivity index (χ1v) is 5.99. The van der Waals surface area contributed by atoms with Gasteiger partial charge in [0.05, 0.1) is 6.20 Å². The van der Waals surface area contributed by atoms with E-state index in [1.54, 1.807) is 24.4 Å². The number of rotatable bonds is 3. The number of aromatic nitrogens is 2. The van der Waals surface area contributed by atoms with Gasteiger partial charge in [-0.25, -0.2) is 0 Å². The number of H-pyrrole nitrogens is 1. The van der Waals surface area contributed by atoms with Crippen molar-refractivity contribution >= 4 is 17.5 Å². The first-order chi connectivity index (χ1) is 8.58. The number of aryl methyl sites for hydroxylation is 2. The number of amides is 1. The number of nitrogens with zero attached hydrogens (tertiary/aromatic N) is 1. The lowest BCUT2D eigenvalue weighted by atomic mass is 10.1. The van der Waals surface area contributed by atoms with Crippen LogP contribution in [-0.4, -0.2) is 16.1 Å². The summed E-state index contributed by atoms with van der Waals surface area (Å²) in [6.45, 7) is 4.25. The molecule has 1 amide bonds. The summed E-state index contributed by atoms with van der Waals surface area (Å²) in [7, 11) is 0. The Bertz CT molecular complexity index is 577. The van der Waals surface area contributed by atoms with Crippen LogP contribution < -0.4 is 5.32 Å². The standard InChI is InChI=1S/C13H14ClN3O/c1-8-5-11(14)3-4-12(8)13(18)15-6-10-7-16-17-9(10)2/h3-5,7H,6H2,1-2H3,(H,15,18)(H,16,17). The van der Waals surface area contributed by atoms with Gasteiger partial charge in [0.1, 0.15) is 0 Å². The molecular weight excluding hydrogens is 250 g/mol. The van der Waals surface area contributed by atoms with Crippen LogP contribution in [0.2, 0.25) is 5.02 Å². The van der Waals surface area contributed by atoms with Crippen molar-refractivity contribution in [1.82, 2.24) is 15.5 Å². The number of carbonyl (C=O) groups excluding carboxylic acids is 1. The van der Waals surface area contributed by atoms with Gasteiger partial charge in [-0.15, -0.1) is 0 Å². The van der Waals surface area contributed by atoms with Crippen LogP contribution in [0.3, 0.4) is 0 Å². The first-order valence-electron chi connectivity index (χ1n) is 5.61. The maximum Gasteiger partial charge on any atom is 0.251 e. The van der Waals surface area contributed by atoms with Gasteiger partial charge in [0.2, 0.25) is 0 Å². The molecule has 1 aromatic carbocycles. The number of halogens is 1. The summed E-state index contributed by atoms with van der Waals surface area (Å²) in [6.07, 6.45) is 1.71. The number of benzene rings is 1. The molecule has 4 nitrogen and oxygen atoms in total. The fraction of sp³-hybridized carbons (Fsp3) is 0.231. The Balaban J connectivity index is 2.06. The van der Waals surface area contributed by atoms with E-state index in [4.69, 9.17) is 11.6 Å². The molecule has 2 N–H and O–H groups in total. The minimum atomic E-state index is -0.107. The molecule has 94 valence electrons. The third-order valence-electron chi connectivity index (χ3n) is 2.81. The SMILES string of the molecule is Cc1cc(Cl)ccc1C(=O)NCc1cn[nH]c1C. The summed E-state index contributed by atoms with van der Waals surface area (Å²) in [4.78, 5) is 12.0. The molecular formula is C13H14ClN3O. The average molecular weight is 264 g/mol. The van der Waals surface area contributed by atoms with Gasteiger partial charge in [-0.1, -0.05) is 11.6 Å². The second-order valence-corrected chi connectivity index (χ2v) is 4.60. The van der Waals surface area contributed by atoms with Gasteiger partial charge in [-0.3, -0.25) is 9.89 Å². The number of aromatic amines is 1. The Morgan fingerprint density at radius 3 is 2.83 bits per heavy atom. The van der Waals surface area contributed by atoms with Crippen LogP contribution in [0.15, 0.2) is 24.4 Å². The zero-order valence-electron chi connectivity index (χ0n) is 10.2. The number of hydrogen-bond donors (Lipinski definition) is 2. The van der Waals surface area contributed by atoms with Gasteiger partial charge >= 0.3 is 0 Å². The highest BCUT2D eigenvalue weighted by molar-refractivity contribution is 6.30. The average Bonchev–Trinajstić information content (AvgIpc) is 2.72. The van der Waals surface area contributed by atoms with Gasteiger partial charge in [0, 0.05) is 28.4 Å². The third kappa shape index (κ3) is 2.71. The second-order valence-electron chi connectivity index (χ2n) is 4.16. The molecule has 0 atom stereocenters. The van der Waals surface area contributed by atoms with Gasteiger partial charge in [-0.05, 0) is 37.6 Å². The van der Waals surface area contributed by atoms with Crippen LogP contribution >= 0.6 is 11.6 Å². The summed E-state index contributed by atoms with van der Waals surface area (Å²) in [5, 5.41) is 10.2. The van der Waals surface area contributed by atoms with E-state index in [0.29, 0.717) is 17.1 Å². The number of nitrogens with one attached hydrogen (secondary N) is 2. The minimum Gasteiger partial charge on any atom is -0.348 e. The van der Waals surface area contributed by atoms with Crippen molar-refractivity contribution in [3.8, 4) is 0 Å². The van der Waals surface area contributed by atoms with E-state index in [-0.39, 0.29) is 5.91 Å². The maximum atomic E-state index is 12.0. The maximum absolute atomic E-state index is 12.0. The molecule has 0 saturated carbocycles. The molecule has 0 unspecified atom stereocenters. The molecule has 0 spiro atoms. The van der Waals surface area contributed by atoms with E-state index in [1.807, 2.05) is 13.8 Å². The minimum absolute atomic E-state index is 0.107. The molecule has 2 aromatic rings. The predicted octanol–water partition coefficient (Wildman–Crippen LogP) is 2.61. The van der Waals surface area contributed by atoms with Crippen molar-refractivity contribution in [1.29, 1.82) is 0 Å². The molecule has 0 aliphatic rings. The topological polar surface area (TPSA) is 57.8 Å². The Morgan fingerprint density at radius 1 is 1.44 bits per heavy atom. The third-order valence-corrected chi connectivity index (χ3v) is 3.04. The van der Waals surface area contributed by atoms with E-state index < -0.39 is 0 Å². The lowest BCUT2D eigenvalue weighted by molar-refractivity contribution is 0.0950. The van der Waals surface area contributed by atoms with Crippen LogP contribution in [0.25, 0.3) is 0 Å². The second kappa shape index (κ2) is 5.23. The van der Waals surface area contributed by atoms with E-state index in [2.05, 4.69) is 15.5 Å². The molecule has 0 fully saturated rings. The molecule has 0 radical (unpaired) electrons. The lowest BCUT2D eigenvalue weighted by Gasteiger charge is -2.07. The Kier molecular flexibility index (Phi) is 3.67. The van der Waals surface area contributed by atoms with Crippen molar-refractivity contribution in [2.24, 2.45) is 0 Å². The normalized spacial score (nSPS) is 10.4. The predicted molar refractivity (Wildman–Crippen MR) is 70.7 cm³/mol. The number of carbonyl (C=O) groups is 1. The smallest absolute Gasteiger partial charge is 0.251 e. The van der Waals surface area contributed by atoms with Crippen LogP contribution in [-0.2, 0) is 6.54 Å². The monoisotopic (exact) mass is 263 g/mol. The zero-order chi connectivity index (χ0) is 13.1. The molecule has 0 saturated heterocycles. The fourth-order valence-corrected chi connectivity index (χ4v) is 1.93. The van der Waals surface area contributed by atoms with E-state index in [9.17, 15) is 4.79 Å². The first kappa shape index (κ1) is 12.6. The molecule has 0 bridgehead atoms. The Morgan fingerprint density at radius 2 is 2.22 bits per heavy atom. The van der Waals surface area contributed by atoms with Gasteiger partial charge in [0.15, 0.2) is 0 Å².